The zero-order valence-electron chi connectivity index (χ0n) is 19.6. The van der Waals surface area contributed by atoms with Crippen LogP contribution in [0.25, 0.3) is 21.8 Å². The molecule has 0 fully saturated rings. The lowest BCUT2D eigenvalue weighted by atomic mass is 10.0. The molecule has 4 aromatic rings. The molecule has 32 heavy (non-hydrogen) atoms. The minimum Gasteiger partial charge on any atom is -0.396 e. The molecule has 3 aromatic carbocycles. The van der Waals surface area contributed by atoms with E-state index in [0.717, 1.165) is 35.6 Å². The largest absolute Gasteiger partial charge is 0.396 e. The van der Waals surface area contributed by atoms with Crippen molar-refractivity contribution in [2.24, 2.45) is 5.16 Å². The van der Waals surface area contributed by atoms with Gasteiger partial charge in [-0.2, -0.15) is 0 Å². The third kappa shape index (κ3) is 4.42. The minimum absolute atomic E-state index is 0.339. The van der Waals surface area contributed by atoms with Gasteiger partial charge in [0.15, 0.2) is 0 Å². The summed E-state index contributed by atoms with van der Waals surface area (Å²) in [5.41, 5.74) is 6.36. The van der Waals surface area contributed by atoms with Gasteiger partial charge in [-0.05, 0) is 63.4 Å². The highest BCUT2D eigenvalue weighted by Crippen LogP contribution is 2.25. The molecule has 1 N–H and O–H groups in total. The molecular weight excluding hydrogens is 394 g/mol. The molecule has 0 saturated carbocycles. The molecule has 1 unspecified atom stereocenters. The van der Waals surface area contributed by atoms with Gasteiger partial charge in [0.1, 0.15) is 12.0 Å². The van der Waals surface area contributed by atoms with Crippen molar-refractivity contribution in [2.45, 2.75) is 46.7 Å². The van der Waals surface area contributed by atoms with E-state index in [9.17, 15) is 0 Å². The zero-order valence-corrected chi connectivity index (χ0v) is 19.6. The van der Waals surface area contributed by atoms with Crippen molar-refractivity contribution in [3.05, 3.63) is 88.8 Å². The topological polar surface area (TPSA) is 38.5 Å². The predicted octanol–water partition coefficient (Wildman–Crippen LogP) is 6.00. The molecule has 0 aliphatic carbocycles. The quantitative estimate of drug-likeness (QED) is 0.213. The molecule has 0 aliphatic rings. The summed E-state index contributed by atoms with van der Waals surface area (Å²) in [4.78, 5) is 5.52. The molecule has 0 bridgehead atoms. The van der Waals surface area contributed by atoms with Crippen molar-refractivity contribution in [3.63, 3.8) is 0 Å². The smallest absolute Gasteiger partial charge is 0.121 e. The molecule has 0 aliphatic heterocycles. The second-order valence-electron chi connectivity index (χ2n) is 8.37. The van der Waals surface area contributed by atoms with Gasteiger partial charge in [0.2, 0.25) is 0 Å². The summed E-state index contributed by atoms with van der Waals surface area (Å²) in [7, 11) is 0. The monoisotopic (exact) mass is 427 g/mol. The average Bonchev–Trinajstić information content (AvgIpc) is 2.83. The Kier molecular flexibility index (Phi) is 6.91. The summed E-state index contributed by atoms with van der Waals surface area (Å²) in [5.74, 6) is 0. The van der Waals surface area contributed by atoms with Crippen molar-refractivity contribution in [2.75, 3.05) is 13.2 Å². The van der Waals surface area contributed by atoms with Crippen LogP contribution in [-0.2, 0) is 11.4 Å². The first-order valence-corrected chi connectivity index (χ1v) is 11.6. The van der Waals surface area contributed by atoms with E-state index in [1.807, 2.05) is 6.92 Å². The first kappa shape index (κ1) is 22.1. The SMILES string of the molecule is CCON=c1c2ccccc2n(CCCNC(C)c2ccccc2)c2c(C)c(C)ccc12. The van der Waals surface area contributed by atoms with E-state index in [1.165, 1.54) is 27.7 Å². The van der Waals surface area contributed by atoms with Crippen molar-refractivity contribution >= 4 is 21.8 Å². The first-order valence-electron chi connectivity index (χ1n) is 11.6. The number of fused-ring (bicyclic) bond motifs is 2. The number of para-hydroxylation sites is 1. The molecule has 0 amide bonds. The highest BCUT2D eigenvalue weighted by molar-refractivity contribution is 5.95. The highest BCUT2D eigenvalue weighted by atomic mass is 16.6. The number of hydrogen-bond donors (Lipinski definition) is 1. The summed E-state index contributed by atoms with van der Waals surface area (Å²) < 4.78 is 2.47. The maximum Gasteiger partial charge on any atom is 0.121 e. The Bertz CT molecular complexity index is 1270. The third-order valence-corrected chi connectivity index (χ3v) is 6.27. The molecule has 1 atom stereocenters. The lowest BCUT2D eigenvalue weighted by Crippen LogP contribution is -2.22. The van der Waals surface area contributed by atoms with E-state index in [2.05, 4.69) is 103 Å². The predicted molar refractivity (Wildman–Crippen MR) is 134 cm³/mol. The minimum atomic E-state index is 0.339. The third-order valence-electron chi connectivity index (χ3n) is 6.27. The number of rotatable bonds is 8. The van der Waals surface area contributed by atoms with Crippen LogP contribution in [0.5, 0.6) is 0 Å². The van der Waals surface area contributed by atoms with E-state index in [1.54, 1.807) is 0 Å². The van der Waals surface area contributed by atoms with Crippen LogP contribution in [0.3, 0.4) is 0 Å². The molecule has 0 saturated heterocycles. The van der Waals surface area contributed by atoms with E-state index in [-0.39, 0.29) is 0 Å². The van der Waals surface area contributed by atoms with Gasteiger partial charge in [0.25, 0.3) is 0 Å². The highest BCUT2D eigenvalue weighted by Gasteiger charge is 2.13. The summed E-state index contributed by atoms with van der Waals surface area (Å²) in [6.07, 6.45) is 1.04. The van der Waals surface area contributed by atoms with Crippen LogP contribution in [0.2, 0.25) is 0 Å². The van der Waals surface area contributed by atoms with Gasteiger partial charge in [-0.1, -0.05) is 65.8 Å². The van der Waals surface area contributed by atoms with Crippen LogP contribution in [0.15, 0.2) is 71.9 Å². The normalized spacial score (nSPS) is 13.1. The standard InChI is InChI=1S/C28H33N3O/c1-5-32-30-27-24-14-9-10-15-26(24)31(28-21(3)20(2)16-17-25(27)28)19-11-18-29-22(4)23-12-7-6-8-13-23/h6-10,12-17,22,29H,5,11,18-19H2,1-4H3. The fourth-order valence-electron chi connectivity index (χ4n) is 4.39. The fraction of sp³-hybridized carbons (Fsp3) is 0.321. The van der Waals surface area contributed by atoms with Gasteiger partial charge in [-0.15, -0.1) is 0 Å². The van der Waals surface area contributed by atoms with Crippen LogP contribution < -0.4 is 10.7 Å². The number of nitrogens with zero attached hydrogens (tertiary/aromatic N) is 2. The molecular formula is C28H33N3O. The number of benzene rings is 3. The van der Waals surface area contributed by atoms with Gasteiger partial charge in [0.05, 0.1) is 11.0 Å². The van der Waals surface area contributed by atoms with E-state index in [0.29, 0.717) is 12.6 Å². The van der Waals surface area contributed by atoms with Crippen LogP contribution in [0.4, 0.5) is 0 Å². The van der Waals surface area contributed by atoms with Gasteiger partial charge >= 0.3 is 0 Å². The number of nitrogens with one attached hydrogen (secondary N) is 1. The van der Waals surface area contributed by atoms with Crippen molar-refractivity contribution in [1.82, 2.24) is 9.88 Å². The number of aryl methyl sites for hydroxylation is 3. The van der Waals surface area contributed by atoms with Crippen molar-refractivity contribution in [3.8, 4) is 0 Å². The maximum atomic E-state index is 5.52. The van der Waals surface area contributed by atoms with Crippen LogP contribution in [0, 0.1) is 13.8 Å². The van der Waals surface area contributed by atoms with E-state index >= 15 is 0 Å². The molecule has 4 rings (SSSR count). The number of pyridine rings is 1. The summed E-state index contributed by atoms with van der Waals surface area (Å²) in [5, 5.41) is 11.4. The van der Waals surface area contributed by atoms with Gasteiger partial charge in [0, 0.05) is 23.4 Å². The Labute approximate surface area is 190 Å². The summed E-state index contributed by atoms with van der Waals surface area (Å²) in [6.45, 7) is 11.0. The van der Waals surface area contributed by atoms with Crippen LogP contribution in [0.1, 0.15) is 43.0 Å². The lowest BCUT2D eigenvalue weighted by molar-refractivity contribution is 0.148. The molecule has 1 aromatic heterocycles. The van der Waals surface area contributed by atoms with Gasteiger partial charge in [-0.3, -0.25) is 0 Å². The Hall–Kier alpha value is -3.11. The lowest BCUT2D eigenvalue weighted by Gasteiger charge is -2.20. The maximum absolute atomic E-state index is 5.52. The van der Waals surface area contributed by atoms with Gasteiger partial charge < -0.3 is 14.7 Å². The van der Waals surface area contributed by atoms with E-state index in [4.69, 9.17) is 4.84 Å². The molecule has 0 radical (unpaired) electrons. The van der Waals surface area contributed by atoms with Crippen LogP contribution in [-0.4, -0.2) is 17.7 Å². The Morgan fingerprint density at radius 2 is 1.69 bits per heavy atom. The van der Waals surface area contributed by atoms with Crippen LogP contribution >= 0.6 is 0 Å². The number of aromatic nitrogens is 1. The summed E-state index contributed by atoms with van der Waals surface area (Å²) >= 11 is 0. The molecule has 166 valence electrons. The fourth-order valence-corrected chi connectivity index (χ4v) is 4.39. The molecule has 4 nitrogen and oxygen atoms in total. The van der Waals surface area contributed by atoms with E-state index < -0.39 is 0 Å². The number of hydrogen-bond acceptors (Lipinski definition) is 3. The summed E-state index contributed by atoms with van der Waals surface area (Å²) in [6, 6.07) is 23.9. The second kappa shape index (κ2) is 10.0. The first-order chi connectivity index (χ1) is 15.6. The Balaban J connectivity index is 1.71. The Morgan fingerprint density at radius 3 is 2.47 bits per heavy atom. The van der Waals surface area contributed by atoms with Crippen molar-refractivity contribution in [1.29, 1.82) is 0 Å². The average molecular weight is 428 g/mol. The van der Waals surface area contributed by atoms with Gasteiger partial charge in [-0.25, -0.2) is 0 Å². The molecule has 1 heterocycles. The zero-order chi connectivity index (χ0) is 22.5. The Morgan fingerprint density at radius 1 is 0.938 bits per heavy atom. The van der Waals surface area contributed by atoms with Crippen molar-refractivity contribution < 1.29 is 4.84 Å². The second-order valence-corrected chi connectivity index (χ2v) is 8.37. The molecule has 4 heteroatoms. The molecule has 0 spiro atoms.